The molecule has 1 aliphatic rings. The van der Waals surface area contributed by atoms with Crippen molar-refractivity contribution in [3.8, 4) is 0 Å². The predicted octanol–water partition coefficient (Wildman–Crippen LogP) is 4.83. The first-order valence-electron chi connectivity index (χ1n) is 7.68. The molecule has 0 amide bonds. The largest absolute Gasteiger partial charge is 0.369 e. The molecule has 0 bridgehead atoms. The fourth-order valence-corrected chi connectivity index (χ4v) is 3.54. The number of halogens is 1. The van der Waals surface area contributed by atoms with Crippen LogP contribution in [-0.4, -0.2) is 16.5 Å². The zero-order valence-corrected chi connectivity index (χ0v) is 15.2. The first kappa shape index (κ1) is 16.0. The second-order valence-corrected chi connectivity index (χ2v) is 8.03. The van der Waals surface area contributed by atoms with Crippen LogP contribution >= 0.6 is 22.6 Å². The van der Waals surface area contributed by atoms with Crippen molar-refractivity contribution in [3.05, 3.63) is 15.6 Å². The van der Waals surface area contributed by atoms with E-state index in [0.29, 0.717) is 11.3 Å². The van der Waals surface area contributed by atoms with Crippen LogP contribution < -0.4 is 5.32 Å². The zero-order valence-electron chi connectivity index (χ0n) is 13.0. The van der Waals surface area contributed by atoms with Gasteiger partial charge in [-0.25, -0.2) is 9.97 Å². The molecule has 1 heterocycles. The first-order chi connectivity index (χ1) is 9.41. The Kier molecular flexibility index (Phi) is 5.26. The van der Waals surface area contributed by atoms with Gasteiger partial charge in [-0.05, 0) is 66.5 Å². The lowest BCUT2D eigenvalue weighted by atomic mass is 9.70. The number of nitrogens with one attached hydrogen (secondary N) is 1. The van der Waals surface area contributed by atoms with E-state index in [-0.39, 0.29) is 0 Å². The van der Waals surface area contributed by atoms with Crippen LogP contribution in [0.25, 0.3) is 0 Å². The van der Waals surface area contributed by atoms with Crippen molar-refractivity contribution in [1.82, 2.24) is 9.97 Å². The van der Waals surface area contributed by atoms with Crippen LogP contribution in [0.1, 0.15) is 65.1 Å². The number of nitrogens with zero attached hydrogens (tertiary/aromatic N) is 2. The van der Waals surface area contributed by atoms with Crippen molar-refractivity contribution in [2.45, 2.75) is 59.3 Å². The molecule has 20 heavy (non-hydrogen) atoms. The van der Waals surface area contributed by atoms with Crippen LogP contribution in [0.5, 0.6) is 0 Å². The molecule has 0 saturated heterocycles. The van der Waals surface area contributed by atoms with Crippen LogP contribution in [0.2, 0.25) is 0 Å². The van der Waals surface area contributed by atoms with E-state index in [1.807, 2.05) is 6.20 Å². The topological polar surface area (TPSA) is 37.8 Å². The highest BCUT2D eigenvalue weighted by Gasteiger charge is 2.31. The summed E-state index contributed by atoms with van der Waals surface area (Å²) in [6.45, 7) is 10.1. The minimum absolute atomic E-state index is 0.437. The standard InChI is InChI=1S/C16H26IN3/c1-5-18-15-13(17)10-19-14(20-15)11-6-8-12(9-7-11)16(2,3)4/h10-12H,5-9H2,1-4H3,(H,18,19,20). The molecule has 1 saturated carbocycles. The van der Waals surface area contributed by atoms with Crippen molar-refractivity contribution in [2.75, 3.05) is 11.9 Å². The molecule has 1 aromatic heterocycles. The van der Waals surface area contributed by atoms with Gasteiger partial charge in [0, 0.05) is 18.7 Å². The van der Waals surface area contributed by atoms with Crippen molar-refractivity contribution in [1.29, 1.82) is 0 Å². The maximum absolute atomic E-state index is 4.74. The van der Waals surface area contributed by atoms with Gasteiger partial charge in [0.05, 0.1) is 3.57 Å². The molecule has 2 rings (SSSR count). The van der Waals surface area contributed by atoms with E-state index in [1.165, 1.54) is 25.7 Å². The Bertz CT molecular complexity index is 446. The number of aromatic nitrogens is 2. The van der Waals surface area contributed by atoms with Crippen LogP contribution in [0.4, 0.5) is 5.82 Å². The second-order valence-electron chi connectivity index (χ2n) is 6.87. The molecule has 112 valence electrons. The van der Waals surface area contributed by atoms with Gasteiger partial charge < -0.3 is 5.32 Å². The third-order valence-electron chi connectivity index (χ3n) is 4.42. The Morgan fingerprint density at radius 2 is 1.90 bits per heavy atom. The zero-order chi connectivity index (χ0) is 14.8. The van der Waals surface area contributed by atoms with Gasteiger partial charge in [-0.15, -0.1) is 0 Å². The summed E-state index contributed by atoms with van der Waals surface area (Å²) in [5.41, 5.74) is 0.437. The Morgan fingerprint density at radius 1 is 1.25 bits per heavy atom. The average Bonchev–Trinajstić information content (AvgIpc) is 2.41. The van der Waals surface area contributed by atoms with Gasteiger partial charge in [-0.3, -0.25) is 0 Å². The van der Waals surface area contributed by atoms with Gasteiger partial charge in [-0.2, -0.15) is 0 Å². The van der Waals surface area contributed by atoms with Crippen LogP contribution in [0.15, 0.2) is 6.20 Å². The molecule has 4 heteroatoms. The molecule has 0 aliphatic heterocycles. The van der Waals surface area contributed by atoms with Crippen molar-refractivity contribution < 1.29 is 0 Å². The van der Waals surface area contributed by atoms with Gasteiger partial charge in [0.2, 0.25) is 0 Å². The summed E-state index contributed by atoms with van der Waals surface area (Å²) in [5, 5.41) is 3.33. The van der Waals surface area contributed by atoms with E-state index in [4.69, 9.17) is 4.98 Å². The quantitative estimate of drug-likeness (QED) is 0.755. The van der Waals surface area contributed by atoms with Crippen molar-refractivity contribution in [3.63, 3.8) is 0 Å². The van der Waals surface area contributed by atoms with Crippen molar-refractivity contribution in [2.24, 2.45) is 11.3 Å². The van der Waals surface area contributed by atoms with Crippen LogP contribution in [-0.2, 0) is 0 Å². The fourth-order valence-electron chi connectivity index (χ4n) is 3.09. The third-order valence-corrected chi connectivity index (χ3v) is 5.21. The lowest BCUT2D eigenvalue weighted by Gasteiger charge is -2.36. The number of anilines is 1. The Balaban J connectivity index is 2.05. The summed E-state index contributed by atoms with van der Waals surface area (Å²) in [4.78, 5) is 9.32. The minimum atomic E-state index is 0.437. The Labute approximate surface area is 136 Å². The highest BCUT2D eigenvalue weighted by atomic mass is 127. The summed E-state index contributed by atoms with van der Waals surface area (Å²) in [6, 6.07) is 0. The van der Waals surface area contributed by atoms with Crippen LogP contribution in [0, 0.1) is 14.9 Å². The van der Waals surface area contributed by atoms with Gasteiger partial charge >= 0.3 is 0 Å². The molecular weight excluding hydrogens is 361 g/mol. The summed E-state index contributed by atoms with van der Waals surface area (Å²) >= 11 is 2.30. The number of hydrogen-bond acceptors (Lipinski definition) is 3. The molecule has 1 fully saturated rings. The van der Waals surface area contributed by atoms with E-state index < -0.39 is 0 Å². The molecule has 1 N–H and O–H groups in total. The fraction of sp³-hybridized carbons (Fsp3) is 0.750. The van der Waals surface area contributed by atoms with Gasteiger partial charge in [-0.1, -0.05) is 20.8 Å². The molecule has 0 atom stereocenters. The molecule has 3 nitrogen and oxygen atoms in total. The first-order valence-corrected chi connectivity index (χ1v) is 8.76. The third kappa shape index (κ3) is 3.83. The highest BCUT2D eigenvalue weighted by Crippen LogP contribution is 2.42. The SMILES string of the molecule is CCNc1nc(C2CCC(C(C)(C)C)CC2)ncc1I. The Morgan fingerprint density at radius 3 is 2.45 bits per heavy atom. The average molecular weight is 387 g/mol. The number of rotatable bonds is 3. The maximum Gasteiger partial charge on any atom is 0.143 e. The maximum atomic E-state index is 4.74. The van der Waals surface area contributed by atoms with E-state index in [9.17, 15) is 0 Å². The predicted molar refractivity (Wildman–Crippen MR) is 93.1 cm³/mol. The molecule has 1 aliphatic carbocycles. The minimum Gasteiger partial charge on any atom is -0.369 e. The second kappa shape index (κ2) is 6.58. The summed E-state index contributed by atoms with van der Waals surface area (Å²) < 4.78 is 1.11. The number of hydrogen-bond donors (Lipinski definition) is 1. The van der Waals surface area contributed by atoms with Gasteiger partial charge in [0.15, 0.2) is 0 Å². The molecular formula is C16H26IN3. The van der Waals surface area contributed by atoms with Crippen LogP contribution in [0.3, 0.4) is 0 Å². The van der Waals surface area contributed by atoms with Crippen molar-refractivity contribution >= 4 is 28.4 Å². The Hall–Kier alpha value is -0.390. The summed E-state index contributed by atoms with van der Waals surface area (Å²) in [7, 11) is 0. The molecule has 0 unspecified atom stereocenters. The highest BCUT2D eigenvalue weighted by molar-refractivity contribution is 14.1. The van der Waals surface area contributed by atoms with E-state index in [1.54, 1.807) is 0 Å². The molecule has 0 radical (unpaired) electrons. The van der Waals surface area contributed by atoms with E-state index in [2.05, 4.69) is 60.6 Å². The lowest BCUT2D eigenvalue weighted by molar-refractivity contribution is 0.167. The smallest absolute Gasteiger partial charge is 0.143 e. The summed E-state index contributed by atoms with van der Waals surface area (Å²) in [5.74, 6) is 3.42. The monoisotopic (exact) mass is 387 g/mol. The van der Waals surface area contributed by atoms with E-state index >= 15 is 0 Å². The van der Waals surface area contributed by atoms with Gasteiger partial charge in [0.1, 0.15) is 11.6 Å². The molecule has 0 spiro atoms. The van der Waals surface area contributed by atoms with E-state index in [0.717, 1.165) is 27.7 Å². The molecule has 0 aromatic carbocycles. The molecule has 1 aromatic rings. The lowest BCUT2D eigenvalue weighted by Crippen LogP contribution is -2.26. The normalized spacial score (nSPS) is 23.6. The summed E-state index contributed by atoms with van der Waals surface area (Å²) in [6.07, 6.45) is 7.03. The van der Waals surface area contributed by atoms with Gasteiger partial charge in [0.25, 0.3) is 0 Å².